The smallest absolute Gasteiger partial charge is 0.231 e. The Bertz CT molecular complexity index is 396. The van der Waals surface area contributed by atoms with Crippen LogP contribution in [0.5, 0.6) is 11.5 Å². The van der Waals surface area contributed by atoms with E-state index in [1.165, 1.54) is 11.1 Å². The van der Waals surface area contributed by atoms with Gasteiger partial charge < -0.3 is 14.3 Å². The number of hydrogen-bond donors (Lipinski definition) is 0. The second-order valence-electron chi connectivity index (χ2n) is 3.72. The van der Waals surface area contributed by atoms with E-state index in [0.29, 0.717) is 13.2 Å². The van der Waals surface area contributed by atoms with Crippen molar-refractivity contribution in [2.75, 3.05) is 6.79 Å². The van der Waals surface area contributed by atoms with Gasteiger partial charge in [0.05, 0.1) is 0 Å². The Morgan fingerprint density at radius 2 is 2.13 bits per heavy atom. The SMILES string of the molecule is Cc1c(CCC=O)cc2c(c1C)OCO2. The zero-order valence-electron chi connectivity index (χ0n) is 9.00. The number of ether oxygens (including phenoxy) is 2. The van der Waals surface area contributed by atoms with Gasteiger partial charge in [0.15, 0.2) is 11.5 Å². The molecule has 1 heterocycles. The van der Waals surface area contributed by atoms with Gasteiger partial charge in [-0.05, 0) is 43.0 Å². The third-order valence-corrected chi connectivity index (χ3v) is 2.86. The van der Waals surface area contributed by atoms with E-state index in [1.807, 2.05) is 13.0 Å². The molecule has 0 bridgehead atoms. The van der Waals surface area contributed by atoms with Gasteiger partial charge in [-0.1, -0.05) is 0 Å². The maximum absolute atomic E-state index is 10.4. The maximum atomic E-state index is 10.4. The summed E-state index contributed by atoms with van der Waals surface area (Å²) in [6.45, 7) is 4.37. The van der Waals surface area contributed by atoms with Crippen molar-refractivity contribution in [3.05, 3.63) is 22.8 Å². The third kappa shape index (κ3) is 1.69. The van der Waals surface area contributed by atoms with Gasteiger partial charge in [-0.2, -0.15) is 0 Å². The topological polar surface area (TPSA) is 35.5 Å². The molecule has 1 aliphatic rings. The molecule has 0 amide bonds. The average Bonchev–Trinajstić information content (AvgIpc) is 2.69. The van der Waals surface area contributed by atoms with Crippen LogP contribution in [0.2, 0.25) is 0 Å². The molecule has 15 heavy (non-hydrogen) atoms. The van der Waals surface area contributed by atoms with Crippen molar-refractivity contribution in [3.63, 3.8) is 0 Å². The summed E-state index contributed by atoms with van der Waals surface area (Å²) in [5, 5.41) is 0. The van der Waals surface area contributed by atoms with Gasteiger partial charge in [0.25, 0.3) is 0 Å². The summed E-state index contributed by atoms with van der Waals surface area (Å²) in [5.41, 5.74) is 3.48. The van der Waals surface area contributed by atoms with Crippen LogP contribution in [-0.2, 0) is 11.2 Å². The highest BCUT2D eigenvalue weighted by atomic mass is 16.7. The molecule has 0 aliphatic carbocycles. The highest BCUT2D eigenvalue weighted by Gasteiger charge is 2.19. The number of aryl methyl sites for hydroxylation is 1. The zero-order valence-corrected chi connectivity index (χ0v) is 9.00. The third-order valence-electron chi connectivity index (χ3n) is 2.86. The summed E-state index contributed by atoms with van der Waals surface area (Å²) in [5.74, 6) is 1.65. The summed E-state index contributed by atoms with van der Waals surface area (Å²) in [7, 11) is 0. The van der Waals surface area contributed by atoms with E-state index in [-0.39, 0.29) is 0 Å². The lowest BCUT2D eigenvalue weighted by Gasteiger charge is -2.10. The van der Waals surface area contributed by atoms with E-state index < -0.39 is 0 Å². The lowest BCUT2D eigenvalue weighted by molar-refractivity contribution is -0.107. The minimum Gasteiger partial charge on any atom is -0.454 e. The molecule has 3 nitrogen and oxygen atoms in total. The molecule has 1 aromatic rings. The highest BCUT2D eigenvalue weighted by Crippen LogP contribution is 2.38. The fraction of sp³-hybridized carbons (Fsp3) is 0.417. The van der Waals surface area contributed by atoms with Gasteiger partial charge in [0, 0.05) is 6.42 Å². The maximum Gasteiger partial charge on any atom is 0.231 e. The van der Waals surface area contributed by atoms with Crippen molar-refractivity contribution < 1.29 is 14.3 Å². The molecular weight excluding hydrogens is 192 g/mol. The fourth-order valence-corrected chi connectivity index (χ4v) is 1.84. The molecule has 0 unspecified atom stereocenters. The first-order valence-corrected chi connectivity index (χ1v) is 5.06. The van der Waals surface area contributed by atoms with Crippen molar-refractivity contribution in [2.45, 2.75) is 26.7 Å². The predicted octanol–water partition coefficient (Wildman–Crippen LogP) is 2.16. The van der Waals surface area contributed by atoms with Crippen LogP contribution in [0, 0.1) is 13.8 Å². The highest BCUT2D eigenvalue weighted by molar-refractivity contribution is 5.56. The second-order valence-corrected chi connectivity index (χ2v) is 3.72. The first-order chi connectivity index (χ1) is 7.24. The van der Waals surface area contributed by atoms with Crippen LogP contribution in [-0.4, -0.2) is 13.1 Å². The zero-order chi connectivity index (χ0) is 10.8. The number of carbonyl (C=O) groups is 1. The molecule has 0 spiro atoms. The Morgan fingerprint density at radius 3 is 2.87 bits per heavy atom. The van der Waals surface area contributed by atoms with Crippen LogP contribution in [0.15, 0.2) is 6.07 Å². The van der Waals surface area contributed by atoms with Crippen molar-refractivity contribution >= 4 is 6.29 Å². The largest absolute Gasteiger partial charge is 0.454 e. The van der Waals surface area contributed by atoms with E-state index in [9.17, 15) is 4.79 Å². The van der Waals surface area contributed by atoms with E-state index in [2.05, 4.69) is 6.92 Å². The van der Waals surface area contributed by atoms with Crippen LogP contribution in [0.3, 0.4) is 0 Å². The van der Waals surface area contributed by atoms with E-state index >= 15 is 0 Å². The van der Waals surface area contributed by atoms with Gasteiger partial charge in [-0.3, -0.25) is 0 Å². The second kappa shape index (κ2) is 3.93. The lowest BCUT2D eigenvalue weighted by Crippen LogP contribution is -1.95. The Hall–Kier alpha value is -1.51. The Kier molecular flexibility index (Phi) is 2.62. The van der Waals surface area contributed by atoms with Crippen LogP contribution in [0.4, 0.5) is 0 Å². The van der Waals surface area contributed by atoms with Crippen molar-refractivity contribution in [1.29, 1.82) is 0 Å². The average molecular weight is 206 g/mol. The Labute approximate surface area is 89.0 Å². The molecule has 1 aromatic carbocycles. The summed E-state index contributed by atoms with van der Waals surface area (Å²) in [4.78, 5) is 10.4. The number of rotatable bonds is 3. The molecule has 0 saturated carbocycles. The van der Waals surface area contributed by atoms with E-state index in [0.717, 1.165) is 29.8 Å². The molecule has 3 heteroatoms. The Morgan fingerprint density at radius 1 is 1.33 bits per heavy atom. The summed E-state index contributed by atoms with van der Waals surface area (Å²) >= 11 is 0. The minimum absolute atomic E-state index is 0.298. The molecular formula is C12H14O3. The van der Waals surface area contributed by atoms with Crippen LogP contribution < -0.4 is 9.47 Å². The number of aldehydes is 1. The van der Waals surface area contributed by atoms with E-state index in [4.69, 9.17) is 9.47 Å². The minimum atomic E-state index is 0.298. The Balaban J connectivity index is 2.39. The molecule has 80 valence electrons. The quantitative estimate of drug-likeness (QED) is 0.711. The van der Waals surface area contributed by atoms with Gasteiger partial charge in [-0.15, -0.1) is 0 Å². The molecule has 0 N–H and O–H groups in total. The molecule has 0 saturated heterocycles. The van der Waals surface area contributed by atoms with Gasteiger partial charge in [0.2, 0.25) is 6.79 Å². The number of carbonyl (C=O) groups excluding carboxylic acids is 1. The van der Waals surface area contributed by atoms with Crippen LogP contribution in [0.1, 0.15) is 23.1 Å². The van der Waals surface area contributed by atoms with Gasteiger partial charge in [0.1, 0.15) is 6.29 Å². The molecule has 0 aromatic heterocycles. The number of benzene rings is 1. The standard InChI is InChI=1S/C12H14O3/c1-8-9(2)12-11(14-7-15-12)6-10(8)4-3-5-13/h5-6H,3-4,7H2,1-2H3. The van der Waals surface area contributed by atoms with Gasteiger partial charge in [-0.25, -0.2) is 0 Å². The fourth-order valence-electron chi connectivity index (χ4n) is 1.84. The van der Waals surface area contributed by atoms with Crippen molar-refractivity contribution in [3.8, 4) is 11.5 Å². The monoisotopic (exact) mass is 206 g/mol. The number of fused-ring (bicyclic) bond motifs is 1. The van der Waals surface area contributed by atoms with E-state index in [1.54, 1.807) is 0 Å². The van der Waals surface area contributed by atoms with Crippen LogP contribution >= 0.6 is 0 Å². The van der Waals surface area contributed by atoms with Crippen molar-refractivity contribution in [2.24, 2.45) is 0 Å². The summed E-state index contributed by atoms with van der Waals surface area (Å²) in [6.07, 6.45) is 2.27. The lowest BCUT2D eigenvalue weighted by atomic mass is 9.98. The molecule has 0 fully saturated rings. The molecule has 0 atom stereocenters. The first-order valence-electron chi connectivity index (χ1n) is 5.06. The molecule has 2 rings (SSSR count). The van der Waals surface area contributed by atoms with Crippen molar-refractivity contribution in [1.82, 2.24) is 0 Å². The normalized spacial score (nSPS) is 12.9. The summed E-state index contributed by atoms with van der Waals surface area (Å²) in [6, 6.07) is 1.98. The molecule has 1 aliphatic heterocycles. The predicted molar refractivity (Wildman–Crippen MR) is 56.4 cm³/mol. The number of hydrogen-bond acceptors (Lipinski definition) is 3. The van der Waals surface area contributed by atoms with Gasteiger partial charge >= 0.3 is 0 Å². The first kappa shape index (κ1) is 10.0. The molecule has 0 radical (unpaired) electrons. The van der Waals surface area contributed by atoms with Crippen LogP contribution in [0.25, 0.3) is 0 Å². The summed E-state index contributed by atoms with van der Waals surface area (Å²) < 4.78 is 10.7.